The molecule has 0 bridgehead atoms. The number of rotatable bonds is 6. The summed E-state index contributed by atoms with van der Waals surface area (Å²) in [4.78, 5) is 34.8. The minimum absolute atomic E-state index is 0.0289. The Morgan fingerprint density at radius 1 is 1.09 bits per heavy atom. The van der Waals surface area contributed by atoms with E-state index in [-0.39, 0.29) is 22.1 Å². The number of amides is 2. The number of hydrogen-bond donors (Lipinski definition) is 3. The number of aryl methyl sites for hydroxylation is 1. The number of nitro groups is 1. The van der Waals surface area contributed by atoms with Crippen molar-refractivity contribution in [3.63, 3.8) is 0 Å². The van der Waals surface area contributed by atoms with E-state index in [0.717, 1.165) is 17.8 Å². The zero-order valence-corrected chi connectivity index (χ0v) is 17.5. The molecule has 0 aliphatic heterocycles. The summed E-state index contributed by atoms with van der Waals surface area (Å²) in [7, 11) is 0. The number of halogens is 1. The summed E-state index contributed by atoms with van der Waals surface area (Å²) in [5.74, 6) is -1.44. The molecule has 0 aliphatic rings. The second-order valence-corrected chi connectivity index (χ2v) is 7.10. The smallest absolute Gasteiger partial charge is 0.312 e. The highest BCUT2D eigenvalue weighted by Gasteiger charge is 2.18. The highest BCUT2D eigenvalue weighted by molar-refractivity contribution is 6.31. The molecule has 9 nitrogen and oxygen atoms in total. The Balaban J connectivity index is 1.65. The molecule has 0 aromatic heterocycles. The van der Waals surface area contributed by atoms with Crippen molar-refractivity contribution in [2.45, 2.75) is 6.92 Å². The summed E-state index contributed by atoms with van der Waals surface area (Å²) in [5.41, 5.74) is 3.81. The zero-order chi connectivity index (χ0) is 23.3. The number of carbonyl (C=O) groups excluding carboxylic acids is 2. The van der Waals surface area contributed by atoms with E-state index in [0.29, 0.717) is 11.3 Å². The third-order valence-corrected chi connectivity index (χ3v) is 4.66. The number of aromatic hydroxyl groups is 1. The number of benzene rings is 3. The topological polar surface area (TPSA) is 134 Å². The van der Waals surface area contributed by atoms with Crippen LogP contribution in [0.3, 0.4) is 0 Å². The molecule has 0 atom stereocenters. The number of nitrogens with one attached hydrogen (secondary N) is 2. The lowest BCUT2D eigenvalue weighted by Gasteiger charge is -2.08. The SMILES string of the molecule is Cc1ccccc1C(=O)Nc1ccc(C(=O)N/N=C/c2cc(Cl)cc([N+](=O)[O-])c2O)cc1. The van der Waals surface area contributed by atoms with Crippen LogP contribution in [0.25, 0.3) is 0 Å². The van der Waals surface area contributed by atoms with Gasteiger partial charge in [-0.15, -0.1) is 0 Å². The molecule has 3 aromatic carbocycles. The first kappa shape index (κ1) is 22.4. The van der Waals surface area contributed by atoms with E-state index in [4.69, 9.17) is 11.6 Å². The number of phenols is 1. The number of phenolic OH excluding ortho intramolecular Hbond substituents is 1. The first-order valence-corrected chi connectivity index (χ1v) is 9.61. The van der Waals surface area contributed by atoms with E-state index in [9.17, 15) is 24.8 Å². The Bertz CT molecular complexity index is 1230. The first-order chi connectivity index (χ1) is 15.3. The van der Waals surface area contributed by atoms with Gasteiger partial charge in [0.15, 0.2) is 0 Å². The van der Waals surface area contributed by atoms with Crippen LogP contribution < -0.4 is 10.7 Å². The standard InChI is InChI=1S/C22H17ClN4O5/c1-13-4-2-3-5-18(13)22(30)25-17-8-6-14(7-9-17)21(29)26-24-12-15-10-16(23)11-19(20(15)28)27(31)32/h2-12,28H,1H3,(H,25,30)(H,26,29)/b24-12+. The predicted octanol–water partition coefficient (Wildman–Crippen LogP) is 4.28. The number of carbonyl (C=O) groups is 2. The van der Waals surface area contributed by atoms with E-state index < -0.39 is 22.3 Å². The van der Waals surface area contributed by atoms with Crippen molar-refractivity contribution in [3.05, 3.63) is 98.1 Å². The summed E-state index contributed by atoms with van der Waals surface area (Å²) >= 11 is 5.81. The maximum absolute atomic E-state index is 12.4. The zero-order valence-electron chi connectivity index (χ0n) is 16.7. The highest BCUT2D eigenvalue weighted by Crippen LogP contribution is 2.32. The number of hydrazone groups is 1. The Labute approximate surface area is 187 Å². The van der Waals surface area contributed by atoms with Crippen LogP contribution in [0.1, 0.15) is 31.8 Å². The van der Waals surface area contributed by atoms with Gasteiger partial charge in [-0.2, -0.15) is 5.10 Å². The van der Waals surface area contributed by atoms with Gasteiger partial charge in [0.25, 0.3) is 11.8 Å². The molecule has 0 fully saturated rings. The molecular formula is C22H17ClN4O5. The minimum Gasteiger partial charge on any atom is -0.502 e. The van der Waals surface area contributed by atoms with Gasteiger partial charge in [-0.3, -0.25) is 19.7 Å². The molecule has 3 N–H and O–H groups in total. The van der Waals surface area contributed by atoms with Crippen LogP contribution in [-0.2, 0) is 0 Å². The van der Waals surface area contributed by atoms with Crippen LogP contribution >= 0.6 is 11.6 Å². The molecule has 0 saturated heterocycles. The Morgan fingerprint density at radius 3 is 2.44 bits per heavy atom. The van der Waals surface area contributed by atoms with Crippen molar-refractivity contribution < 1.29 is 19.6 Å². The molecular weight excluding hydrogens is 436 g/mol. The van der Waals surface area contributed by atoms with Crippen LogP contribution in [0, 0.1) is 17.0 Å². The van der Waals surface area contributed by atoms with Gasteiger partial charge in [0.05, 0.1) is 11.1 Å². The van der Waals surface area contributed by atoms with Crippen LogP contribution in [-0.4, -0.2) is 28.1 Å². The van der Waals surface area contributed by atoms with Gasteiger partial charge in [0.2, 0.25) is 5.75 Å². The number of hydrogen-bond acceptors (Lipinski definition) is 6. The number of nitrogens with zero attached hydrogens (tertiary/aromatic N) is 2. The van der Waals surface area contributed by atoms with Crippen LogP contribution in [0.15, 0.2) is 65.8 Å². The third kappa shape index (κ3) is 5.27. The molecule has 32 heavy (non-hydrogen) atoms. The van der Waals surface area contributed by atoms with E-state index in [1.165, 1.54) is 18.2 Å². The number of anilines is 1. The Hall–Kier alpha value is -4.24. The monoisotopic (exact) mass is 452 g/mol. The van der Waals surface area contributed by atoms with Crippen LogP contribution in [0.5, 0.6) is 5.75 Å². The van der Waals surface area contributed by atoms with Gasteiger partial charge in [-0.1, -0.05) is 29.8 Å². The summed E-state index contributed by atoms with van der Waals surface area (Å²) in [6.45, 7) is 1.84. The Kier molecular flexibility index (Phi) is 6.81. The normalized spacial score (nSPS) is 10.7. The van der Waals surface area contributed by atoms with E-state index >= 15 is 0 Å². The summed E-state index contributed by atoms with van der Waals surface area (Å²) < 4.78 is 0. The van der Waals surface area contributed by atoms with Crippen molar-refractivity contribution >= 4 is 41.0 Å². The van der Waals surface area contributed by atoms with E-state index in [1.807, 2.05) is 19.1 Å². The molecule has 3 rings (SSSR count). The fourth-order valence-corrected chi connectivity index (χ4v) is 3.02. The molecule has 3 aromatic rings. The fraction of sp³-hybridized carbons (Fsp3) is 0.0455. The molecule has 162 valence electrons. The molecule has 0 heterocycles. The lowest BCUT2D eigenvalue weighted by molar-refractivity contribution is -0.385. The van der Waals surface area contributed by atoms with Crippen LogP contribution in [0.4, 0.5) is 11.4 Å². The fourth-order valence-electron chi connectivity index (χ4n) is 2.80. The molecule has 10 heteroatoms. The van der Waals surface area contributed by atoms with Gasteiger partial charge in [-0.25, -0.2) is 5.43 Å². The van der Waals surface area contributed by atoms with Crippen molar-refractivity contribution in [1.82, 2.24) is 5.43 Å². The third-order valence-electron chi connectivity index (χ3n) is 4.45. The van der Waals surface area contributed by atoms with Gasteiger partial charge >= 0.3 is 5.69 Å². The molecule has 0 saturated carbocycles. The highest BCUT2D eigenvalue weighted by atomic mass is 35.5. The van der Waals surface area contributed by atoms with Gasteiger partial charge in [-0.05, 0) is 48.9 Å². The lowest BCUT2D eigenvalue weighted by atomic mass is 10.1. The second-order valence-electron chi connectivity index (χ2n) is 6.67. The molecule has 0 unspecified atom stereocenters. The Morgan fingerprint density at radius 2 is 1.78 bits per heavy atom. The largest absolute Gasteiger partial charge is 0.502 e. The quantitative estimate of drug-likeness (QED) is 0.291. The number of nitro benzene ring substituents is 1. The summed E-state index contributed by atoms with van der Waals surface area (Å²) in [5, 5.41) is 27.4. The molecule has 0 radical (unpaired) electrons. The van der Waals surface area contributed by atoms with Crippen molar-refractivity contribution in [2.24, 2.45) is 5.10 Å². The average Bonchev–Trinajstić information content (AvgIpc) is 2.76. The summed E-state index contributed by atoms with van der Waals surface area (Å²) in [6, 6.07) is 15.6. The van der Waals surface area contributed by atoms with E-state index in [2.05, 4.69) is 15.8 Å². The molecule has 2 amide bonds. The van der Waals surface area contributed by atoms with Crippen molar-refractivity contribution in [3.8, 4) is 5.75 Å². The second kappa shape index (κ2) is 9.71. The lowest BCUT2D eigenvalue weighted by Crippen LogP contribution is -2.18. The summed E-state index contributed by atoms with van der Waals surface area (Å²) in [6.07, 6.45) is 1.04. The average molecular weight is 453 g/mol. The predicted molar refractivity (Wildman–Crippen MR) is 120 cm³/mol. The maximum Gasteiger partial charge on any atom is 0.312 e. The maximum atomic E-state index is 12.4. The first-order valence-electron chi connectivity index (χ1n) is 9.23. The molecule has 0 aliphatic carbocycles. The van der Waals surface area contributed by atoms with Crippen molar-refractivity contribution in [1.29, 1.82) is 0 Å². The minimum atomic E-state index is -0.781. The van der Waals surface area contributed by atoms with Crippen molar-refractivity contribution in [2.75, 3.05) is 5.32 Å². The molecule has 0 spiro atoms. The van der Waals surface area contributed by atoms with Gasteiger partial charge < -0.3 is 10.4 Å². The van der Waals surface area contributed by atoms with Crippen LogP contribution in [0.2, 0.25) is 5.02 Å². The van der Waals surface area contributed by atoms with Gasteiger partial charge in [0, 0.05) is 33.5 Å². The van der Waals surface area contributed by atoms with E-state index in [1.54, 1.807) is 24.3 Å². The van der Waals surface area contributed by atoms with Gasteiger partial charge in [0.1, 0.15) is 0 Å².